The number of piperidine rings is 2. The molecule has 4 aromatic rings. The van der Waals surface area contributed by atoms with Crippen molar-refractivity contribution in [1.82, 2.24) is 19.9 Å². The quantitative estimate of drug-likeness (QED) is 0.157. The number of halogens is 2. The molecule has 2 aromatic heterocycles. The molecule has 4 heterocycles. The van der Waals surface area contributed by atoms with Crippen molar-refractivity contribution in [3.63, 3.8) is 0 Å². The summed E-state index contributed by atoms with van der Waals surface area (Å²) in [5, 5.41) is 0. The molecule has 2 fully saturated rings. The molecule has 6 rings (SSSR count). The van der Waals surface area contributed by atoms with Gasteiger partial charge in [-0.25, -0.2) is 19.9 Å². The molecule has 212 valence electrons. The summed E-state index contributed by atoms with van der Waals surface area (Å²) in [6.07, 6.45) is 16.2. The van der Waals surface area contributed by atoms with Crippen LogP contribution in [-0.2, 0) is 22.8 Å². The van der Waals surface area contributed by atoms with Gasteiger partial charge in [-0.1, -0.05) is 36.4 Å². The van der Waals surface area contributed by atoms with Crippen LogP contribution in [0.15, 0.2) is 89.9 Å². The molecule has 0 saturated carbocycles. The van der Waals surface area contributed by atoms with E-state index in [1.165, 1.54) is 66.0 Å². The van der Waals surface area contributed by atoms with E-state index < -0.39 is 0 Å². The molecule has 2 aliphatic heterocycles. The number of hydrogen-bond donors (Lipinski definition) is 0. The minimum absolute atomic E-state index is 0.864. The van der Waals surface area contributed by atoms with Gasteiger partial charge in [0.05, 0.1) is 4.47 Å². The second-order valence-electron chi connectivity index (χ2n) is 9.84. The molecule has 0 unspecified atom stereocenters. The van der Waals surface area contributed by atoms with E-state index in [0.717, 1.165) is 54.5 Å². The Morgan fingerprint density at radius 1 is 0.585 bits per heavy atom. The topological polar surface area (TPSA) is 58.0 Å². The van der Waals surface area contributed by atoms with E-state index in [-0.39, 0.29) is 0 Å². The van der Waals surface area contributed by atoms with Crippen LogP contribution in [-0.4, -0.2) is 46.1 Å². The van der Waals surface area contributed by atoms with E-state index in [2.05, 4.69) is 90.5 Å². The Balaban J connectivity index is 0.000000181. The van der Waals surface area contributed by atoms with Gasteiger partial charge in [0.2, 0.25) is 11.9 Å². The van der Waals surface area contributed by atoms with Crippen LogP contribution in [0.1, 0.15) is 55.2 Å². The molecule has 6 nitrogen and oxygen atoms in total. The first-order chi connectivity index (χ1) is 20.2. The molecule has 0 N–H and O–H groups in total. The molecule has 2 aliphatic rings. The number of anilines is 2. The molecule has 2 aromatic carbocycles. The van der Waals surface area contributed by atoms with Crippen molar-refractivity contribution in [3.8, 4) is 0 Å². The summed E-state index contributed by atoms with van der Waals surface area (Å²) in [7, 11) is 0. The van der Waals surface area contributed by atoms with Gasteiger partial charge in [0.15, 0.2) is 0 Å². The first-order valence-electron chi connectivity index (χ1n) is 14.1. The molecule has 0 bridgehead atoms. The van der Waals surface area contributed by atoms with E-state index in [9.17, 15) is 0 Å². The molecule has 0 spiro atoms. The largest absolute Gasteiger partial charge is 0.341 e. The summed E-state index contributed by atoms with van der Waals surface area (Å²) in [6, 6.07) is 20.3. The van der Waals surface area contributed by atoms with Crippen LogP contribution in [0.5, 0.6) is 0 Å². The predicted octanol–water partition coefficient (Wildman–Crippen LogP) is 8.00. The summed E-state index contributed by atoms with van der Waals surface area (Å²) in [5.41, 5.74) is 3.55. The normalized spacial score (nSPS) is 14.3. The fourth-order valence-electron chi connectivity index (χ4n) is 4.57. The van der Waals surface area contributed by atoms with Crippen molar-refractivity contribution >= 4 is 41.4 Å². The van der Waals surface area contributed by atoms with Gasteiger partial charge < -0.3 is 9.80 Å². The van der Waals surface area contributed by atoms with Crippen molar-refractivity contribution in [2.45, 2.75) is 44.9 Å². The summed E-state index contributed by atoms with van der Waals surface area (Å²) in [5.74, 6) is 1.75. The second kappa shape index (κ2) is 19.7. The average Bonchev–Trinajstić information content (AvgIpc) is 3.05. The van der Waals surface area contributed by atoms with Crippen molar-refractivity contribution in [1.29, 1.82) is 0 Å². The molecule has 0 atom stereocenters. The predicted molar refractivity (Wildman–Crippen MR) is 173 cm³/mol. The third-order valence-corrected chi connectivity index (χ3v) is 7.08. The standard InChI is InChI=1S/C16H19N3.C9H12BrN3.C7H7.BrH.Zn/c1-3-7-14(8-4-1)11-15-12-17-16(18-13-15)19-9-5-2-6-10-19;10-8-6-11-9(12-7-8)13-4-2-1-3-5-13;1-7-5-3-2-4-6-7;;/h1,3-4,7-8,12-13H,2,5-6,9-11H2;6-7H,1-5H2;2-6H,1H2;1H;/q;;-1;;+2/p-1. The Bertz CT molecular complexity index is 1200. The first kappa shape index (κ1) is 33.2. The van der Waals surface area contributed by atoms with Gasteiger partial charge in [-0.2, -0.15) is 24.6 Å². The fourth-order valence-corrected chi connectivity index (χ4v) is 4.77. The van der Waals surface area contributed by atoms with Gasteiger partial charge in [0.1, 0.15) is 0 Å². The van der Waals surface area contributed by atoms with E-state index in [1.54, 1.807) is 12.4 Å². The van der Waals surface area contributed by atoms with Crippen LogP contribution < -0.4 is 9.80 Å². The van der Waals surface area contributed by atoms with E-state index in [0.29, 0.717) is 0 Å². The van der Waals surface area contributed by atoms with Crippen LogP contribution in [0, 0.1) is 6.92 Å². The van der Waals surface area contributed by atoms with Gasteiger partial charge in [-0.05, 0) is 65.6 Å². The smallest absolute Gasteiger partial charge is 0.225 e. The number of aromatic nitrogens is 4. The van der Waals surface area contributed by atoms with Crippen molar-refractivity contribution < 1.29 is 16.3 Å². The molecule has 0 amide bonds. The van der Waals surface area contributed by atoms with Gasteiger partial charge >= 0.3 is 30.0 Å². The van der Waals surface area contributed by atoms with Crippen LogP contribution in [0.3, 0.4) is 0 Å². The van der Waals surface area contributed by atoms with Gasteiger partial charge in [-0.15, -0.1) is 12.1 Å². The first-order valence-corrected chi connectivity index (χ1v) is 21.9. The maximum atomic E-state index is 4.51. The van der Waals surface area contributed by atoms with Crippen LogP contribution in [0.2, 0.25) is 0 Å². The Morgan fingerprint density at radius 2 is 1.00 bits per heavy atom. The van der Waals surface area contributed by atoms with Crippen molar-refractivity contribution in [2.24, 2.45) is 0 Å². The third-order valence-electron chi connectivity index (χ3n) is 6.67. The maximum Gasteiger partial charge on any atom is 0.225 e. The molecule has 0 radical (unpaired) electrons. The van der Waals surface area contributed by atoms with Crippen molar-refractivity contribution in [2.75, 3.05) is 36.0 Å². The zero-order valence-corrected chi connectivity index (χ0v) is 29.9. The SMILES string of the molecule is Brc1cnc(N2CCCCC2)nc1.[CH2-]c1ccccc1.[Zn+][Br].c1ccc(Cc2cnc(N3CCCCC3)nc2)cc1. The Hall–Kier alpha value is -2.35. The Kier molecular flexibility index (Phi) is 15.9. The Morgan fingerprint density at radius 3 is 1.41 bits per heavy atom. The van der Waals surface area contributed by atoms with Crippen LogP contribution in [0.25, 0.3) is 0 Å². The van der Waals surface area contributed by atoms with E-state index in [1.807, 2.05) is 48.8 Å². The maximum absolute atomic E-state index is 4.51. The molecule has 9 heteroatoms. The second-order valence-corrected chi connectivity index (χ2v) is 10.8. The summed E-state index contributed by atoms with van der Waals surface area (Å²) < 4.78 is 0.938. The minimum atomic E-state index is 0.864. The van der Waals surface area contributed by atoms with E-state index in [4.69, 9.17) is 0 Å². The Labute approximate surface area is 270 Å². The van der Waals surface area contributed by atoms with Gasteiger partial charge in [0, 0.05) is 57.4 Å². The third kappa shape index (κ3) is 12.6. The monoisotopic (exact) mass is 728 g/mol. The molecular formula is C32H38Br2N6Zn. The average molecular weight is 732 g/mol. The van der Waals surface area contributed by atoms with Crippen LogP contribution in [0.4, 0.5) is 11.9 Å². The molecule has 41 heavy (non-hydrogen) atoms. The molecule has 2 saturated heterocycles. The van der Waals surface area contributed by atoms with Crippen molar-refractivity contribution in [3.05, 3.63) is 114 Å². The molecular weight excluding hydrogens is 694 g/mol. The summed E-state index contributed by atoms with van der Waals surface area (Å²) in [4.78, 5) is 22.1. The number of rotatable bonds is 4. The van der Waals surface area contributed by atoms with Crippen LogP contribution >= 0.6 is 29.6 Å². The number of hydrogen-bond acceptors (Lipinski definition) is 6. The number of benzene rings is 2. The zero-order chi connectivity index (χ0) is 29.1. The van der Waals surface area contributed by atoms with Gasteiger partial charge in [0.25, 0.3) is 0 Å². The summed E-state index contributed by atoms with van der Waals surface area (Å²) >= 11 is 7.58. The van der Waals surface area contributed by atoms with Gasteiger partial charge in [-0.3, -0.25) is 0 Å². The minimum Gasteiger partial charge on any atom is -0.341 e. The number of nitrogens with zero attached hydrogens (tertiary/aromatic N) is 6. The molecule has 0 aliphatic carbocycles. The van der Waals surface area contributed by atoms with E-state index >= 15 is 0 Å². The summed E-state index contributed by atoms with van der Waals surface area (Å²) in [6.45, 7) is 8.11. The zero-order valence-electron chi connectivity index (χ0n) is 23.7. The fraction of sp³-hybridized carbons (Fsp3) is 0.344.